The van der Waals surface area contributed by atoms with E-state index in [2.05, 4.69) is 13.8 Å². The number of carbonyl (C=O) groups is 1. The second-order valence-corrected chi connectivity index (χ2v) is 5.06. The van der Waals surface area contributed by atoms with Crippen molar-refractivity contribution >= 4 is 6.29 Å². The molecule has 1 aliphatic rings. The molecule has 0 aromatic heterocycles. The largest absolute Gasteiger partial charge is 0.298 e. The molecule has 0 saturated heterocycles. The first-order chi connectivity index (χ1) is 7.81. The van der Waals surface area contributed by atoms with Crippen LogP contribution < -0.4 is 0 Å². The first kappa shape index (κ1) is 13.5. The molecule has 1 heteroatoms. The first-order valence-corrected chi connectivity index (χ1v) is 6.97. The minimum Gasteiger partial charge on any atom is -0.298 e. The highest BCUT2D eigenvalue weighted by Crippen LogP contribution is 2.31. The van der Waals surface area contributed by atoms with E-state index in [1.807, 2.05) is 0 Å². The lowest BCUT2D eigenvalue weighted by atomic mass is 9.83. The fourth-order valence-electron chi connectivity index (χ4n) is 2.83. The Bertz CT molecular complexity index is 234. The lowest BCUT2D eigenvalue weighted by Gasteiger charge is -2.23. The van der Waals surface area contributed by atoms with E-state index in [1.165, 1.54) is 44.1 Å². The van der Waals surface area contributed by atoms with Crippen LogP contribution in [-0.2, 0) is 4.79 Å². The van der Waals surface area contributed by atoms with Gasteiger partial charge in [-0.2, -0.15) is 0 Å². The maximum Gasteiger partial charge on any atom is 0.145 e. The van der Waals surface area contributed by atoms with Gasteiger partial charge in [0.15, 0.2) is 0 Å². The molecule has 1 saturated carbocycles. The van der Waals surface area contributed by atoms with E-state index < -0.39 is 0 Å². The normalized spacial score (nSPS) is 19.4. The number of hydrogen-bond acceptors (Lipinski definition) is 1. The highest BCUT2D eigenvalue weighted by Gasteiger charge is 2.16. The van der Waals surface area contributed by atoms with Gasteiger partial charge in [0.2, 0.25) is 0 Å². The van der Waals surface area contributed by atoms with Crippen LogP contribution in [-0.4, -0.2) is 6.29 Å². The number of rotatable bonds is 6. The molecule has 16 heavy (non-hydrogen) atoms. The monoisotopic (exact) mass is 222 g/mol. The number of aldehydes is 1. The molecule has 0 heterocycles. The Balaban J connectivity index is 2.60. The average molecular weight is 222 g/mol. The third-order valence-electron chi connectivity index (χ3n) is 3.80. The van der Waals surface area contributed by atoms with Crippen molar-refractivity contribution in [1.29, 1.82) is 0 Å². The van der Waals surface area contributed by atoms with Gasteiger partial charge in [0.05, 0.1) is 0 Å². The molecular formula is C15H26O. The summed E-state index contributed by atoms with van der Waals surface area (Å²) < 4.78 is 0. The first-order valence-electron chi connectivity index (χ1n) is 6.97. The molecule has 0 unspecified atom stereocenters. The van der Waals surface area contributed by atoms with Gasteiger partial charge in [0.1, 0.15) is 6.29 Å². The van der Waals surface area contributed by atoms with Crippen molar-refractivity contribution in [3.8, 4) is 0 Å². The van der Waals surface area contributed by atoms with Gasteiger partial charge in [-0.25, -0.2) is 0 Å². The van der Waals surface area contributed by atoms with Crippen molar-refractivity contribution in [2.45, 2.75) is 71.6 Å². The van der Waals surface area contributed by atoms with Gasteiger partial charge in [-0.15, -0.1) is 0 Å². The number of carbonyl (C=O) groups excluding carboxylic acids is 1. The summed E-state index contributed by atoms with van der Waals surface area (Å²) >= 11 is 0. The summed E-state index contributed by atoms with van der Waals surface area (Å²) in [6.45, 7) is 4.34. The van der Waals surface area contributed by atoms with Crippen LogP contribution in [0.2, 0.25) is 0 Å². The Hall–Kier alpha value is -0.590. The van der Waals surface area contributed by atoms with E-state index >= 15 is 0 Å². The van der Waals surface area contributed by atoms with Crippen LogP contribution in [0.5, 0.6) is 0 Å². The zero-order chi connectivity index (χ0) is 11.8. The van der Waals surface area contributed by atoms with Crippen LogP contribution in [0, 0.1) is 5.92 Å². The molecule has 1 fully saturated rings. The van der Waals surface area contributed by atoms with E-state index in [4.69, 9.17) is 0 Å². The van der Waals surface area contributed by atoms with Gasteiger partial charge >= 0.3 is 0 Å². The molecule has 0 spiro atoms. The molecule has 0 N–H and O–H groups in total. The van der Waals surface area contributed by atoms with E-state index in [9.17, 15) is 4.79 Å². The Morgan fingerprint density at radius 3 is 2.38 bits per heavy atom. The summed E-state index contributed by atoms with van der Waals surface area (Å²) in [6, 6.07) is 0. The summed E-state index contributed by atoms with van der Waals surface area (Å²) in [7, 11) is 0. The second kappa shape index (κ2) is 7.65. The van der Waals surface area contributed by atoms with E-state index in [-0.39, 0.29) is 0 Å². The lowest BCUT2D eigenvalue weighted by molar-refractivity contribution is -0.105. The predicted molar refractivity (Wildman–Crippen MR) is 69.5 cm³/mol. The van der Waals surface area contributed by atoms with Crippen molar-refractivity contribution in [1.82, 2.24) is 0 Å². The van der Waals surface area contributed by atoms with Crippen molar-refractivity contribution in [2.24, 2.45) is 5.92 Å². The van der Waals surface area contributed by atoms with Crippen LogP contribution in [0.15, 0.2) is 11.1 Å². The SMILES string of the molecule is CCC/C(C=O)=C(\CC)CC1CCCCC1. The molecule has 0 atom stereocenters. The van der Waals surface area contributed by atoms with Gasteiger partial charge in [-0.1, -0.05) is 57.9 Å². The average Bonchev–Trinajstić information content (AvgIpc) is 2.35. The zero-order valence-corrected chi connectivity index (χ0v) is 10.9. The highest BCUT2D eigenvalue weighted by molar-refractivity contribution is 5.74. The van der Waals surface area contributed by atoms with Crippen molar-refractivity contribution in [3.05, 3.63) is 11.1 Å². The van der Waals surface area contributed by atoms with Crippen molar-refractivity contribution in [2.75, 3.05) is 0 Å². The predicted octanol–water partition coefficient (Wildman–Crippen LogP) is 4.66. The molecule has 0 bridgehead atoms. The molecule has 0 radical (unpaired) electrons. The van der Waals surface area contributed by atoms with Crippen molar-refractivity contribution < 1.29 is 4.79 Å². The van der Waals surface area contributed by atoms with E-state index in [0.717, 1.165) is 37.0 Å². The Kier molecular flexibility index (Phi) is 6.44. The van der Waals surface area contributed by atoms with Crippen molar-refractivity contribution in [3.63, 3.8) is 0 Å². The summed E-state index contributed by atoms with van der Waals surface area (Å²) in [5, 5.41) is 0. The van der Waals surface area contributed by atoms with Crippen LogP contribution in [0.3, 0.4) is 0 Å². The van der Waals surface area contributed by atoms with Gasteiger partial charge in [0.25, 0.3) is 0 Å². The van der Waals surface area contributed by atoms with E-state index in [0.29, 0.717) is 0 Å². The zero-order valence-electron chi connectivity index (χ0n) is 10.9. The minimum atomic E-state index is 0.857. The molecule has 0 amide bonds. The summed E-state index contributed by atoms with van der Waals surface area (Å²) in [5.74, 6) is 0.857. The fourth-order valence-corrected chi connectivity index (χ4v) is 2.83. The molecule has 0 aliphatic heterocycles. The van der Waals surface area contributed by atoms with Crippen LogP contribution in [0.25, 0.3) is 0 Å². The quantitative estimate of drug-likeness (QED) is 0.472. The van der Waals surface area contributed by atoms with Gasteiger partial charge < -0.3 is 0 Å². The molecule has 1 nitrogen and oxygen atoms in total. The lowest BCUT2D eigenvalue weighted by Crippen LogP contribution is -2.08. The molecule has 92 valence electrons. The van der Waals surface area contributed by atoms with E-state index in [1.54, 1.807) is 0 Å². The molecule has 0 aromatic carbocycles. The number of hydrogen-bond donors (Lipinski definition) is 0. The smallest absolute Gasteiger partial charge is 0.145 e. The van der Waals surface area contributed by atoms with Crippen LogP contribution in [0.1, 0.15) is 71.6 Å². The third kappa shape index (κ3) is 4.11. The van der Waals surface area contributed by atoms with Crippen LogP contribution in [0.4, 0.5) is 0 Å². The molecule has 1 aliphatic carbocycles. The third-order valence-corrected chi connectivity index (χ3v) is 3.80. The Labute approximate surface area is 100 Å². The van der Waals surface area contributed by atoms with Gasteiger partial charge in [-0.05, 0) is 30.8 Å². The maximum absolute atomic E-state index is 11.1. The molecule has 1 rings (SSSR count). The van der Waals surface area contributed by atoms with Gasteiger partial charge in [-0.3, -0.25) is 4.79 Å². The number of allylic oxidation sites excluding steroid dienone is 2. The molecule has 0 aromatic rings. The topological polar surface area (TPSA) is 17.1 Å². The maximum atomic E-state index is 11.1. The summed E-state index contributed by atoms with van der Waals surface area (Å²) in [4.78, 5) is 11.1. The summed E-state index contributed by atoms with van der Waals surface area (Å²) in [6.07, 6.45) is 12.4. The van der Waals surface area contributed by atoms with Gasteiger partial charge in [0, 0.05) is 0 Å². The Morgan fingerprint density at radius 2 is 1.88 bits per heavy atom. The second-order valence-electron chi connectivity index (χ2n) is 5.06. The minimum absolute atomic E-state index is 0.857. The standard InChI is InChI=1S/C15H26O/c1-3-8-15(12-16)14(4-2)11-13-9-6-5-7-10-13/h12-13H,3-11H2,1-2H3/b15-14-. The highest BCUT2D eigenvalue weighted by atomic mass is 16.1. The Morgan fingerprint density at radius 1 is 1.19 bits per heavy atom. The van der Waals surface area contributed by atoms with Crippen LogP contribution >= 0.6 is 0 Å². The fraction of sp³-hybridized carbons (Fsp3) is 0.800. The summed E-state index contributed by atoms with van der Waals surface area (Å²) in [5.41, 5.74) is 2.53. The molecular weight excluding hydrogens is 196 g/mol.